The largest absolute Gasteiger partial charge is 0.481 e. The zero-order valence-electron chi connectivity index (χ0n) is 9.75. The van der Waals surface area contributed by atoms with Crippen LogP contribution in [0.4, 0.5) is 0 Å². The summed E-state index contributed by atoms with van der Waals surface area (Å²) in [5.74, 6) is -0.753. The van der Waals surface area contributed by atoms with Crippen molar-refractivity contribution in [3.63, 3.8) is 0 Å². The highest BCUT2D eigenvalue weighted by Crippen LogP contribution is 2.22. The molecule has 0 aromatic rings. The van der Waals surface area contributed by atoms with E-state index in [9.17, 15) is 4.79 Å². The van der Waals surface area contributed by atoms with Gasteiger partial charge >= 0.3 is 5.97 Å². The van der Waals surface area contributed by atoms with Gasteiger partial charge in [0, 0.05) is 19.7 Å². The van der Waals surface area contributed by atoms with Crippen LogP contribution in [0.25, 0.3) is 0 Å². The normalized spacial score (nSPS) is 26.9. The highest BCUT2D eigenvalue weighted by atomic mass is 16.5. The van der Waals surface area contributed by atoms with Crippen LogP contribution in [0.3, 0.4) is 0 Å². The monoisotopic (exact) mass is 215 g/mol. The molecule has 1 fully saturated rings. The van der Waals surface area contributed by atoms with Crippen molar-refractivity contribution in [3.8, 4) is 0 Å². The first-order valence-electron chi connectivity index (χ1n) is 5.45. The number of ether oxygens (including phenoxy) is 1. The predicted octanol–water partition coefficient (Wildman–Crippen LogP) is 1.25. The van der Waals surface area contributed by atoms with Crippen molar-refractivity contribution in [1.29, 1.82) is 0 Å². The zero-order chi connectivity index (χ0) is 11.5. The summed E-state index contributed by atoms with van der Waals surface area (Å²) in [4.78, 5) is 10.9. The summed E-state index contributed by atoms with van der Waals surface area (Å²) >= 11 is 0. The van der Waals surface area contributed by atoms with E-state index in [0.29, 0.717) is 18.7 Å². The predicted molar refractivity (Wildman–Crippen MR) is 57.9 cm³/mol. The Labute approximate surface area is 91.0 Å². The van der Waals surface area contributed by atoms with Gasteiger partial charge in [0.2, 0.25) is 0 Å². The highest BCUT2D eigenvalue weighted by molar-refractivity contribution is 5.73. The summed E-state index contributed by atoms with van der Waals surface area (Å²) in [5, 5.41) is 12.3. The molecule has 2 atom stereocenters. The summed E-state index contributed by atoms with van der Waals surface area (Å²) in [6, 6.07) is 0.411. The maximum atomic E-state index is 10.9. The third-order valence-corrected chi connectivity index (χ3v) is 3.13. The number of hydrogen-bond donors (Lipinski definition) is 2. The highest BCUT2D eigenvalue weighted by Gasteiger charge is 2.30. The van der Waals surface area contributed by atoms with Gasteiger partial charge in [-0.3, -0.25) is 4.79 Å². The first-order valence-corrected chi connectivity index (χ1v) is 5.45. The molecule has 0 heterocycles. The molecule has 1 rings (SSSR count). The third kappa shape index (κ3) is 3.47. The Bertz CT molecular complexity index is 228. The average Bonchev–Trinajstić information content (AvgIpc) is 2.62. The Morgan fingerprint density at radius 2 is 2.20 bits per heavy atom. The lowest BCUT2D eigenvalue weighted by Crippen LogP contribution is -2.40. The summed E-state index contributed by atoms with van der Waals surface area (Å²) in [6.45, 7) is 4.00. The van der Waals surface area contributed by atoms with Gasteiger partial charge in [-0.25, -0.2) is 0 Å². The van der Waals surface area contributed by atoms with Crippen LogP contribution in [0.15, 0.2) is 0 Å². The fourth-order valence-corrected chi connectivity index (χ4v) is 1.81. The molecule has 0 aliphatic heterocycles. The molecule has 2 N–H and O–H groups in total. The van der Waals surface area contributed by atoms with Gasteiger partial charge < -0.3 is 15.2 Å². The molecule has 15 heavy (non-hydrogen) atoms. The second kappa shape index (κ2) is 4.94. The smallest absolute Gasteiger partial charge is 0.310 e. The molecule has 0 amide bonds. The Morgan fingerprint density at radius 1 is 1.53 bits per heavy atom. The summed E-state index contributed by atoms with van der Waals surface area (Å²) in [7, 11) is 1.73. The molecule has 1 saturated carbocycles. The fourth-order valence-electron chi connectivity index (χ4n) is 1.81. The van der Waals surface area contributed by atoms with Crippen LogP contribution in [-0.4, -0.2) is 36.9 Å². The maximum absolute atomic E-state index is 10.9. The molecule has 1 aliphatic rings. The molecule has 0 aromatic carbocycles. The van der Waals surface area contributed by atoms with E-state index in [4.69, 9.17) is 9.84 Å². The third-order valence-electron chi connectivity index (χ3n) is 3.13. The van der Waals surface area contributed by atoms with Gasteiger partial charge in [-0.1, -0.05) is 0 Å². The van der Waals surface area contributed by atoms with E-state index < -0.39 is 11.4 Å². The van der Waals surface area contributed by atoms with Crippen molar-refractivity contribution >= 4 is 5.97 Å². The van der Waals surface area contributed by atoms with Crippen LogP contribution in [0.1, 0.15) is 33.1 Å². The molecular weight excluding hydrogens is 194 g/mol. The van der Waals surface area contributed by atoms with Crippen molar-refractivity contribution in [2.75, 3.05) is 13.7 Å². The Kier molecular flexibility index (Phi) is 4.11. The van der Waals surface area contributed by atoms with Gasteiger partial charge in [-0.2, -0.15) is 0 Å². The lowest BCUT2D eigenvalue weighted by molar-refractivity contribution is -0.146. The summed E-state index contributed by atoms with van der Waals surface area (Å²) in [6.07, 6.45) is 3.48. The van der Waals surface area contributed by atoms with E-state index in [0.717, 1.165) is 19.3 Å². The minimum atomic E-state index is -0.753. The number of carboxylic acid groups (broad SMARTS) is 1. The lowest BCUT2D eigenvalue weighted by Gasteiger charge is -2.22. The SMILES string of the molecule is COC1CCC(NCC(C)(C)C(=O)O)C1. The molecule has 1 aliphatic carbocycles. The molecular formula is C11H21NO3. The van der Waals surface area contributed by atoms with Crippen LogP contribution >= 0.6 is 0 Å². The van der Waals surface area contributed by atoms with Crippen molar-refractivity contribution in [1.82, 2.24) is 5.32 Å². The number of carboxylic acids is 1. The van der Waals surface area contributed by atoms with E-state index in [-0.39, 0.29) is 0 Å². The van der Waals surface area contributed by atoms with Crippen molar-refractivity contribution in [2.45, 2.75) is 45.3 Å². The van der Waals surface area contributed by atoms with E-state index in [2.05, 4.69) is 5.32 Å². The molecule has 0 saturated heterocycles. The second-order valence-corrected chi connectivity index (χ2v) is 4.94. The average molecular weight is 215 g/mol. The molecule has 88 valence electrons. The Balaban J connectivity index is 2.29. The number of hydrogen-bond acceptors (Lipinski definition) is 3. The van der Waals surface area contributed by atoms with Crippen molar-refractivity contribution in [2.24, 2.45) is 5.41 Å². The van der Waals surface area contributed by atoms with Gasteiger partial charge in [0.15, 0.2) is 0 Å². The lowest BCUT2D eigenvalue weighted by atomic mass is 9.93. The molecule has 0 aromatic heterocycles. The first kappa shape index (κ1) is 12.5. The molecule has 4 nitrogen and oxygen atoms in total. The van der Waals surface area contributed by atoms with Crippen LogP contribution in [0.5, 0.6) is 0 Å². The van der Waals surface area contributed by atoms with Gasteiger partial charge in [-0.15, -0.1) is 0 Å². The van der Waals surface area contributed by atoms with Crippen LogP contribution < -0.4 is 5.32 Å². The van der Waals surface area contributed by atoms with E-state index in [1.807, 2.05) is 0 Å². The number of methoxy groups -OCH3 is 1. The Morgan fingerprint density at radius 3 is 2.67 bits per heavy atom. The molecule has 0 spiro atoms. The fraction of sp³-hybridized carbons (Fsp3) is 0.909. The van der Waals surface area contributed by atoms with Crippen molar-refractivity contribution in [3.05, 3.63) is 0 Å². The Hall–Kier alpha value is -0.610. The molecule has 0 radical (unpaired) electrons. The number of aliphatic carboxylic acids is 1. The minimum Gasteiger partial charge on any atom is -0.481 e. The number of rotatable bonds is 5. The van der Waals surface area contributed by atoms with Gasteiger partial charge in [0.1, 0.15) is 0 Å². The van der Waals surface area contributed by atoms with Crippen LogP contribution in [-0.2, 0) is 9.53 Å². The topological polar surface area (TPSA) is 58.6 Å². The van der Waals surface area contributed by atoms with Crippen LogP contribution in [0, 0.1) is 5.41 Å². The summed E-state index contributed by atoms with van der Waals surface area (Å²) < 4.78 is 5.26. The van der Waals surface area contributed by atoms with E-state index >= 15 is 0 Å². The zero-order valence-corrected chi connectivity index (χ0v) is 9.75. The van der Waals surface area contributed by atoms with E-state index in [1.54, 1.807) is 21.0 Å². The molecule has 4 heteroatoms. The molecule has 0 bridgehead atoms. The maximum Gasteiger partial charge on any atom is 0.310 e. The van der Waals surface area contributed by atoms with Gasteiger partial charge in [0.25, 0.3) is 0 Å². The summed E-state index contributed by atoms with van der Waals surface area (Å²) in [5.41, 5.74) is -0.689. The van der Waals surface area contributed by atoms with Crippen molar-refractivity contribution < 1.29 is 14.6 Å². The van der Waals surface area contributed by atoms with Crippen LogP contribution in [0.2, 0.25) is 0 Å². The number of carbonyl (C=O) groups is 1. The van der Waals surface area contributed by atoms with Gasteiger partial charge in [-0.05, 0) is 33.1 Å². The van der Waals surface area contributed by atoms with E-state index in [1.165, 1.54) is 0 Å². The minimum absolute atomic E-state index is 0.343. The first-order chi connectivity index (χ1) is 6.95. The molecule has 2 unspecified atom stereocenters. The second-order valence-electron chi connectivity index (χ2n) is 4.94. The number of nitrogens with one attached hydrogen (secondary N) is 1. The quantitative estimate of drug-likeness (QED) is 0.724. The van der Waals surface area contributed by atoms with Gasteiger partial charge in [0.05, 0.1) is 11.5 Å². The standard InChI is InChI=1S/C11H21NO3/c1-11(2,10(13)14)7-12-8-4-5-9(6-8)15-3/h8-9,12H,4-7H2,1-3H3,(H,13,14).